The van der Waals surface area contributed by atoms with Crippen molar-refractivity contribution in [1.82, 2.24) is 4.98 Å². The summed E-state index contributed by atoms with van der Waals surface area (Å²) in [7, 11) is 0. The zero-order valence-electron chi connectivity index (χ0n) is 11.3. The highest BCUT2D eigenvalue weighted by molar-refractivity contribution is 6.04. The van der Waals surface area contributed by atoms with E-state index in [0.717, 1.165) is 36.1 Å². The smallest absolute Gasteiger partial charge is 0.339 e. The van der Waals surface area contributed by atoms with Gasteiger partial charge in [-0.15, -0.1) is 0 Å². The summed E-state index contributed by atoms with van der Waals surface area (Å²) in [5.74, 6) is -0.926. The molecule has 1 aliphatic rings. The van der Waals surface area contributed by atoms with Gasteiger partial charge in [0.15, 0.2) is 0 Å². The summed E-state index contributed by atoms with van der Waals surface area (Å²) >= 11 is 0. The number of aromatic carboxylic acids is 1. The van der Waals surface area contributed by atoms with Gasteiger partial charge in [-0.1, -0.05) is 29.8 Å². The van der Waals surface area contributed by atoms with Crippen LogP contribution in [0.2, 0.25) is 0 Å². The van der Waals surface area contributed by atoms with Crippen molar-refractivity contribution in [2.75, 3.05) is 18.0 Å². The Morgan fingerprint density at radius 3 is 2.85 bits per heavy atom. The molecule has 0 amide bonds. The highest BCUT2D eigenvalue weighted by Crippen LogP contribution is 2.31. The van der Waals surface area contributed by atoms with Crippen LogP contribution in [0.15, 0.2) is 42.1 Å². The first kappa shape index (κ1) is 12.7. The average molecular weight is 268 g/mol. The number of benzene rings is 1. The van der Waals surface area contributed by atoms with E-state index in [0.29, 0.717) is 0 Å². The van der Waals surface area contributed by atoms with E-state index in [4.69, 9.17) is 0 Å². The number of nitrogens with zero attached hydrogens (tertiary/aromatic N) is 2. The summed E-state index contributed by atoms with van der Waals surface area (Å²) in [6.07, 6.45) is 4.59. The molecule has 102 valence electrons. The van der Waals surface area contributed by atoms with Gasteiger partial charge in [-0.05, 0) is 19.4 Å². The number of hydrogen-bond donors (Lipinski definition) is 1. The Kier molecular flexibility index (Phi) is 3.14. The maximum Gasteiger partial charge on any atom is 0.339 e. The minimum Gasteiger partial charge on any atom is -0.478 e. The van der Waals surface area contributed by atoms with E-state index in [1.54, 1.807) is 0 Å². The highest BCUT2D eigenvalue weighted by Gasteiger charge is 2.20. The third-order valence-electron chi connectivity index (χ3n) is 3.73. The summed E-state index contributed by atoms with van der Waals surface area (Å²) in [6.45, 7) is 3.71. The third kappa shape index (κ3) is 2.13. The number of aromatic nitrogens is 1. The Morgan fingerprint density at radius 2 is 2.15 bits per heavy atom. The van der Waals surface area contributed by atoms with Crippen molar-refractivity contribution in [3.05, 3.63) is 47.7 Å². The molecule has 0 atom stereocenters. The first-order valence-corrected chi connectivity index (χ1v) is 6.68. The topological polar surface area (TPSA) is 53.4 Å². The van der Waals surface area contributed by atoms with E-state index in [-0.39, 0.29) is 5.56 Å². The third-order valence-corrected chi connectivity index (χ3v) is 3.73. The van der Waals surface area contributed by atoms with E-state index >= 15 is 0 Å². The average Bonchev–Trinajstić information content (AvgIpc) is 2.47. The molecule has 0 saturated heterocycles. The second kappa shape index (κ2) is 4.96. The SMILES string of the molecule is CC1=CCN(c2c(C(=O)O)cnc3ccccc23)CC1. The van der Waals surface area contributed by atoms with E-state index < -0.39 is 5.97 Å². The molecule has 0 aliphatic carbocycles. The lowest BCUT2D eigenvalue weighted by Crippen LogP contribution is -2.30. The lowest BCUT2D eigenvalue weighted by molar-refractivity contribution is 0.0697. The quantitative estimate of drug-likeness (QED) is 0.850. The molecule has 1 aliphatic heterocycles. The van der Waals surface area contributed by atoms with Crippen LogP contribution in [0.3, 0.4) is 0 Å². The summed E-state index contributed by atoms with van der Waals surface area (Å²) in [4.78, 5) is 17.9. The van der Waals surface area contributed by atoms with Crippen LogP contribution in [0, 0.1) is 0 Å². The molecule has 0 saturated carbocycles. The molecule has 4 heteroatoms. The predicted octanol–water partition coefficient (Wildman–Crippen LogP) is 3.09. The van der Waals surface area contributed by atoms with Gasteiger partial charge in [0.25, 0.3) is 0 Å². The first-order valence-electron chi connectivity index (χ1n) is 6.68. The number of para-hydroxylation sites is 1. The molecule has 1 aromatic heterocycles. The van der Waals surface area contributed by atoms with Crippen LogP contribution in [0.25, 0.3) is 10.9 Å². The fourth-order valence-corrected chi connectivity index (χ4v) is 2.60. The molecular weight excluding hydrogens is 252 g/mol. The number of carbonyl (C=O) groups is 1. The van der Waals surface area contributed by atoms with E-state index in [1.165, 1.54) is 11.8 Å². The molecule has 20 heavy (non-hydrogen) atoms. The molecule has 0 radical (unpaired) electrons. The number of carboxylic acid groups (broad SMARTS) is 1. The minimum absolute atomic E-state index is 0.275. The van der Waals surface area contributed by atoms with Gasteiger partial charge < -0.3 is 10.0 Å². The van der Waals surface area contributed by atoms with E-state index in [2.05, 4.69) is 22.9 Å². The van der Waals surface area contributed by atoms with Crippen molar-refractivity contribution >= 4 is 22.6 Å². The predicted molar refractivity (Wildman–Crippen MR) is 79.3 cm³/mol. The normalized spacial score (nSPS) is 15.2. The lowest BCUT2D eigenvalue weighted by Gasteiger charge is -2.29. The van der Waals surface area contributed by atoms with Gasteiger partial charge in [0.2, 0.25) is 0 Å². The molecule has 3 rings (SSSR count). The van der Waals surface area contributed by atoms with Gasteiger partial charge >= 0.3 is 5.97 Å². The van der Waals surface area contributed by atoms with Crippen LogP contribution in [0.1, 0.15) is 23.7 Å². The van der Waals surface area contributed by atoms with Crippen molar-refractivity contribution in [3.8, 4) is 0 Å². The number of anilines is 1. The monoisotopic (exact) mass is 268 g/mol. The second-order valence-corrected chi connectivity index (χ2v) is 5.09. The molecule has 1 aromatic carbocycles. The van der Waals surface area contributed by atoms with Gasteiger partial charge in [0, 0.05) is 24.7 Å². The molecule has 2 aromatic rings. The Bertz CT molecular complexity index is 707. The Hall–Kier alpha value is -2.36. The zero-order chi connectivity index (χ0) is 14.1. The Balaban J connectivity index is 2.20. The molecule has 0 fully saturated rings. The first-order chi connectivity index (χ1) is 9.66. The van der Waals surface area contributed by atoms with Crippen molar-refractivity contribution in [2.45, 2.75) is 13.3 Å². The number of pyridine rings is 1. The molecule has 0 bridgehead atoms. The fourth-order valence-electron chi connectivity index (χ4n) is 2.60. The molecule has 2 heterocycles. The molecular formula is C16H16N2O2. The maximum absolute atomic E-state index is 11.5. The van der Waals surface area contributed by atoms with Crippen LogP contribution >= 0.6 is 0 Å². The van der Waals surface area contributed by atoms with E-state index in [9.17, 15) is 9.90 Å². The summed E-state index contributed by atoms with van der Waals surface area (Å²) < 4.78 is 0. The Labute approximate surface area is 117 Å². The van der Waals surface area contributed by atoms with Gasteiger partial charge in [-0.25, -0.2) is 4.79 Å². The molecule has 4 nitrogen and oxygen atoms in total. The van der Waals surface area contributed by atoms with Gasteiger partial charge in [0.1, 0.15) is 5.56 Å². The minimum atomic E-state index is -0.926. The molecule has 1 N–H and O–H groups in total. The number of fused-ring (bicyclic) bond motifs is 1. The number of carboxylic acids is 1. The van der Waals surface area contributed by atoms with Gasteiger partial charge in [-0.2, -0.15) is 0 Å². The molecule has 0 spiro atoms. The van der Waals surface area contributed by atoms with Crippen molar-refractivity contribution < 1.29 is 9.90 Å². The summed E-state index contributed by atoms with van der Waals surface area (Å²) in [5, 5.41) is 10.3. The fraction of sp³-hybridized carbons (Fsp3) is 0.250. The van der Waals surface area contributed by atoms with Crippen LogP contribution in [-0.4, -0.2) is 29.1 Å². The largest absolute Gasteiger partial charge is 0.478 e. The summed E-state index contributed by atoms with van der Waals surface area (Å²) in [5.41, 5.74) is 3.25. The van der Waals surface area contributed by atoms with Gasteiger partial charge in [-0.3, -0.25) is 4.98 Å². The standard InChI is InChI=1S/C16H16N2O2/c1-11-6-8-18(9-7-11)15-12-4-2-3-5-14(12)17-10-13(15)16(19)20/h2-6,10H,7-9H2,1H3,(H,19,20). The lowest BCUT2D eigenvalue weighted by atomic mass is 10.0. The van der Waals surface area contributed by atoms with Gasteiger partial charge in [0.05, 0.1) is 11.2 Å². The number of rotatable bonds is 2. The molecule has 0 unspecified atom stereocenters. The zero-order valence-corrected chi connectivity index (χ0v) is 11.3. The highest BCUT2D eigenvalue weighted by atomic mass is 16.4. The van der Waals surface area contributed by atoms with E-state index in [1.807, 2.05) is 24.3 Å². The number of hydrogen-bond acceptors (Lipinski definition) is 3. The second-order valence-electron chi connectivity index (χ2n) is 5.09. The maximum atomic E-state index is 11.5. The van der Waals surface area contributed by atoms with Crippen LogP contribution < -0.4 is 4.90 Å². The van der Waals surface area contributed by atoms with Crippen LogP contribution in [-0.2, 0) is 0 Å². The van der Waals surface area contributed by atoms with Crippen LogP contribution in [0.4, 0.5) is 5.69 Å². The van der Waals surface area contributed by atoms with Crippen molar-refractivity contribution in [3.63, 3.8) is 0 Å². The summed E-state index contributed by atoms with van der Waals surface area (Å²) in [6, 6.07) is 7.69. The van der Waals surface area contributed by atoms with Crippen LogP contribution in [0.5, 0.6) is 0 Å². The Morgan fingerprint density at radius 1 is 1.35 bits per heavy atom. The van der Waals surface area contributed by atoms with Crippen molar-refractivity contribution in [2.24, 2.45) is 0 Å². The van der Waals surface area contributed by atoms with Crippen molar-refractivity contribution in [1.29, 1.82) is 0 Å².